The molecule has 6 heteroatoms. The number of furan rings is 1. The maximum absolute atomic E-state index is 11.6. The van der Waals surface area contributed by atoms with Gasteiger partial charge in [0.25, 0.3) is 0 Å². The Labute approximate surface area is 115 Å². The molecule has 0 amide bonds. The van der Waals surface area contributed by atoms with E-state index in [2.05, 4.69) is 4.65 Å². The third-order valence-electron chi connectivity index (χ3n) is 2.22. The Morgan fingerprint density at radius 3 is 2.42 bits per heavy atom. The molecule has 0 unspecified atom stereocenters. The number of ketones is 1. The van der Waals surface area contributed by atoms with E-state index in [0.29, 0.717) is 13.0 Å². The first-order valence-electron chi connectivity index (χ1n) is 5.04. The molecular formula is C13H22BO5. The quantitative estimate of drug-likeness (QED) is 0.676. The van der Waals surface area contributed by atoms with Crippen LogP contribution >= 0.6 is 0 Å². The summed E-state index contributed by atoms with van der Waals surface area (Å²) in [5, 5.41) is 0. The molecule has 2 rings (SSSR count). The predicted octanol–water partition coefficient (Wildman–Crippen LogP) is 3.26. The van der Waals surface area contributed by atoms with Crippen LogP contribution in [0.25, 0.3) is 0 Å². The van der Waals surface area contributed by atoms with Crippen molar-refractivity contribution >= 4 is 19.4 Å². The van der Waals surface area contributed by atoms with E-state index in [1.54, 1.807) is 0 Å². The van der Waals surface area contributed by atoms with Gasteiger partial charge in [-0.15, -0.1) is 0 Å². The van der Waals surface area contributed by atoms with E-state index in [0.717, 1.165) is 20.5 Å². The fourth-order valence-corrected chi connectivity index (χ4v) is 1.38. The van der Waals surface area contributed by atoms with Crippen LogP contribution in [0.1, 0.15) is 62.7 Å². The van der Waals surface area contributed by atoms with Gasteiger partial charge in [-0.2, -0.15) is 0 Å². The Bertz CT molecular complexity index is 365. The van der Waals surface area contributed by atoms with E-state index < -0.39 is 5.97 Å². The Morgan fingerprint density at radius 2 is 1.68 bits per heavy atom. The van der Waals surface area contributed by atoms with E-state index in [-0.39, 0.29) is 39.6 Å². The molecule has 0 atom stereocenters. The molecule has 1 aromatic rings. The molecule has 0 fully saturated rings. The summed E-state index contributed by atoms with van der Waals surface area (Å²) in [6, 6.07) is 2.90. The van der Waals surface area contributed by atoms with Crippen LogP contribution in [0.4, 0.5) is 0 Å². The summed E-state index contributed by atoms with van der Waals surface area (Å²) in [4.78, 5) is 22.9. The van der Waals surface area contributed by atoms with Crippen LogP contribution in [0.2, 0.25) is 0 Å². The Kier molecular flexibility index (Phi) is 9.77. The van der Waals surface area contributed by atoms with Gasteiger partial charge in [0.2, 0.25) is 5.76 Å². The third-order valence-corrected chi connectivity index (χ3v) is 2.22. The summed E-state index contributed by atoms with van der Waals surface area (Å²) < 4.78 is 14.7. The van der Waals surface area contributed by atoms with Crippen molar-refractivity contribution in [3.63, 3.8) is 0 Å². The van der Waals surface area contributed by atoms with Gasteiger partial charge in [-0.05, 0) is 25.0 Å². The SMILES string of the molecule is C.C.C.O=C1CCCCO[B]OC(=O)c2ccc1o2. The molecule has 0 N–H and O–H groups in total. The van der Waals surface area contributed by atoms with Crippen LogP contribution in [0.5, 0.6) is 0 Å². The minimum atomic E-state index is -0.667. The van der Waals surface area contributed by atoms with Crippen LogP contribution in [-0.4, -0.2) is 26.0 Å². The normalized spacial score (nSPS) is 15.2. The maximum Gasteiger partial charge on any atom is 0.574 e. The van der Waals surface area contributed by atoms with Gasteiger partial charge in [-0.3, -0.25) is 4.79 Å². The van der Waals surface area contributed by atoms with Gasteiger partial charge in [-0.1, -0.05) is 22.3 Å². The highest BCUT2D eigenvalue weighted by atomic mass is 16.6. The van der Waals surface area contributed by atoms with Crippen LogP contribution in [0.3, 0.4) is 0 Å². The molecule has 1 aliphatic heterocycles. The molecule has 107 valence electrons. The van der Waals surface area contributed by atoms with E-state index in [1.807, 2.05) is 0 Å². The lowest BCUT2D eigenvalue weighted by Gasteiger charge is -2.04. The van der Waals surface area contributed by atoms with Crippen molar-refractivity contribution in [2.24, 2.45) is 0 Å². The summed E-state index contributed by atoms with van der Waals surface area (Å²) in [7, 11) is 0.994. The average molecular weight is 269 g/mol. The minimum absolute atomic E-state index is 0. The molecule has 19 heavy (non-hydrogen) atoms. The van der Waals surface area contributed by atoms with Crippen LogP contribution < -0.4 is 0 Å². The summed E-state index contributed by atoms with van der Waals surface area (Å²) in [5.41, 5.74) is 0. The minimum Gasteiger partial charge on any atom is -0.505 e. The van der Waals surface area contributed by atoms with Gasteiger partial charge in [0, 0.05) is 13.0 Å². The van der Waals surface area contributed by atoms with Crippen molar-refractivity contribution in [1.29, 1.82) is 0 Å². The molecule has 0 saturated heterocycles. The topological polar surface area (TPSA) is 65.7 Å². The van der Waals surface area contributed by atoms with Crippen molar-refractivity contribution in [3.8, 4) is 0 Å². The molecule has 0 saturated carbocycles. The molecule has 1 aliphatic rings. The fraction of sp³-hybridized carbons (Fsp3) is 0.538. The van der Waals surface area contributed by atoms with Gasteiger partial charge >= 0.3 is 13.7 Å². The van der Waals surface area contributed by atoms with Crippen molar-refractivity contribution in [3.05, 3.63) is 23.7 Å². The highest BCUT2D eigenvalue weighted by molar-refractivity contribution is 6.23. The Morgan fingerprint density at radius 1 is 1.00 bits per heavy atom. The predicted molar refractivity (Wildman–Crippen MR) is 74.2 cm³/mol. The molecule has 1 radical (unpaired) electrons. The second-order valence-corrected chi connectivity index (χ2v) is 3.42. The first kappa shape index (κ1) is 19.8. The van der Waals surface area contributed by atoms with Crippen molar-refractivity contribution in [1.82, 2.24) is 0 Å². The second-order valence-electron chi connectivity index (χ2n) is 3.42. The van der Waals surface area contributed by atoms with Crippen molar-refractivity contribution in [2.75, 3.05) is 6.61 Å². The summed E-state index contributed by atoms with van der Waals surface area (Å²) in [5.74, 6) is -0.569. The number of carbonyl (C=O) groups excluding carboxylic acids is 2. The number of hydrogen-bond acceptors (Lipinski definition) is 5. The number of Topliss-reactive ketones (excluding diaryl/α,β-unsaturated/α-hetero) is 1. The molecule has 1 aromatic heterocycles. The molecule has 0 aliphatic carbocycles. The van der Waals surface area contributed by atoms with Gasteiger partial charge < -0.3 is 13.7 Å². The standard InChI is InChI=1S/C10H10BO5.3CH4/c12-7-3-1-2-6-14-11-16-10(13)9-5-4-8(7)15-9;;;/h4-5H,1-3,6H2;3*1H4. The number of carbonyl (C=O) groups is 2. The first-order chi connectivity index (χ1) is 7.77. The van der Waals surface area contributed by atoms with Gasteiger partial charge in [0.15, 0.2) is 11.5 Å². The molecular weight excluding hydrogens is 247 g/mol. The molecule has 0 aromatic carbocycles. The zero-order chi connectivity index (χ0) is 11.4. The lowest BCUT2D eigenvalue weighted by Crippen LogP contribution is -2.13. The monoisotopic (exact) mass is 269 g/mol. The Balaban J connectivity index is 0. The van der Waals surface area contributed by atoms with Gasteiger partial charge in [-0.25, -0.2) is 4.79 Å². The van der Waals surface area contributed by atoms with E-state index >= 15 is 0 Å². The molecule has 0 spiro atoms. The zero-order valence-electron chi connectivity index (χ0n) is 8.60. The fourth-order valence-electron chi connectivity index (χ4n) is 1.38. The van der Waals surface area contributed by atoms with Gasteiger partial charge in [0.1, 0.15) is 0 Å². The number of hydrogen-bond donors (Lipinski definition) is 0. The molecule has 2 bridgehead atoms. The van der Waals surface area contributed by atoms with E-state index in [4.69, 9.17) is 9.07 Å². The first-order valence-corrected chi connectivity index (χ1v) is 5.04. The molecule has 2 heterocycles. The van der Waals surface area contributed by atoms with Crippen molar-refractivity contribution in [2.45, 2.75) is 41.5 Å². The highest BCUT2D eigenvalue weighted by Crippen LogP contribution is 2.13. The largest absolute Gasteiger partial charge is 0.574 e. The molecule has 5 nitrogen and oxygen atoms in total. The lowest BCUT2D eigenvalue weighted by atomic mass is 10.1. The van der Waals surface area contributed by atoms with Crippen molar-refractivity contribution < 1.29 is 23.3 Å². The average Bonchev–Trinajstić information content (AvgIpc) is 2.75. The second kappa shape index (κ2) is 9.38. The summed E-state index contributed by atoms with van der Waals surface area (Å²) >= 11 is 0. The summed E-state index contributed by atoms with van der Waals surface area (Å²) in [6.07, 6.45) is 1.84. The Hall–Kier alpha value is -1.56. The third kappa shape index (κ3) is 5.30. The number of rotatable bonds is 0. The maximum atomic E-state index is 11.6. The van der Waals surface area contributed by atoms with Crippen LogP contribution in [0, 0.1) is 0 Å². The van der Waals surface area contributed by atoms with E-state index in [1.165, 1.54) is 12.1 Å². The number of fused-ring (bicyclic) bond motifs is 2. The summed E-state index contributed by atoms with van der Waals surface area (Å²) in [6.45, 7) is 0.430. The lowest BCUT2D eigenvalue weighted by molar-refractivity contribution is 0.0661. The zero-order valence-corrected chi connectivity index (χ0v) is 8.60. The van der Waals surface area contributed by atoms with Gasteiger partial charge in [0.05, 0.1) is 0 Å². The highest BCUT2D eigenvalue weighted by Gasteiger charge is 2.18. The van der Waals surface area contributed by atoms with E-state index in [9.17, 15) is 9.59 Å². The smallest absolute Gasteiger partial charge is 0.505 e. The van der Waals surface area contributed by atoms with Crippen LogP contribution in [-0.2, 0) is 9.31 Å². The van der Waals surface area contributed by atoms with Crippen LogP contribution in [0.15, 0.2) is 16.5 Å².